The number of nitrogens with zero attached hydrogens (tertiary/aromatic N) is 1. The van der Waals surface area contributed by atoms with Crippen LogP contribution in [0.4, 0.5) is 0 Å². The highest BCUT2D eigenvalue weighted by Gasteiger charge is 2.27. The molecule has 1 unspecified atom stereocenters. The first-order valence-electron chi connectivity index (χ1n) is 5.89. The summed E-state index contributed by atoms with van der Waals surface area (Å²) in [7, 11) is 0. The van der Waals surface area contributed by atoms with Crippen LogP contribution in [0, 0.1) is 0 Å². The summed E-state index contributed by atoms with van der Waals surface area (Å²) in [6, 6.07) is 3.10. The molecule has 1 atom stereocenters. The lowest BCUT2D eigenvalue weighted by molar-refractivity contribution is 0.158. The van der Waals surface area contributed by atoms with Gasteiger partial charge >= 0.3 is 0 Å². The van der Waals surface area contributed by atoms with Gasteiger partial charge in [-0.1, -0.05) is 6.42 Å². The van der Waals surface area contributed by atoms with E-state index in [0.717, 1.165) is 6.04 Å². The van der Waals surface area contributed by atoms with Crippen molar-refractivity contribution in [2.45, 2.75) is 35.9 Å². The van der Waals surface area contributed by atoms with Crippen molar-refractivity contribution in [3.05, 3.63) is 17.0 Å². The Kier molecular flexibility index (Phi) is 3.04. The minimum absolute atomic E-state index is 0.743. The second-order valence-corrected chi connectivity index (χ2v) is 6.69. The third-order valence-corrected chi connectivity index (χ3v) is 5.78. The van der Waals surface area contributed by atoms with E-state index >= 15 is 0 Å². The summed E-state index contributed by atoms with van der Waals surface area (Å²) in [5, 5.41) is 2.26. The number of thioether (sulfide) groups is 1. The normalized spacial score (nSPS) is 27.6. The zero-order valence-electron chi connectivity index (χ0n) is 8.95. The average Bonchev–Trinajstić information content (AvgIpc) is 2.78. The Hall–Kier alpha value is 0.01000. The molecule has 0 N–H and O–H groups in total. The van der Waals surface area contributed by atoms with Crippen LogP contribution in [-0.4, -0.2) is 23.7 Å². The zero-order chi connectivity index (χ0) is 10.1. The van der Waals surface area contributed by atoms with Crippen LogP contribution in [0.3, 0.4) is 0 Å². The molecular formula is C12H17NS2. The predicted molar refractivity (Wildman–Crippen MR) is 67.8 cm³/mol. The number of likely N-dealkylation sites (tertiary alicyclic amines) is 1. The molecule has 3 rings (SSSR count). The number of piperidine rings is 1. The summed E-state index contributed by atoms with van der Waals surface area (Å²) < 4.78 is 1.58. The van der Waals surface area contributed by atoms with E-state index in [2.05, 4.69) is 28.1 Å². The number of rotatable bonds is 1. The van der Waals surface area contributed by atoms with Crippen LogP contribution in [-0.2, 0) is 0 Å². The van der Waals surface area contributed by atoms with Crippen molar-refractivity contribution < 1.29 is 0 Å². The van der Waals surface area contributed by atoms with E-state index in [4.69, 9.17) is 0 Å². The number of hydrogen-bond donors (Lipinski definition) is 0. The molecule has 2 aliphatic heterocycles. The summed E-state index contributed by atoms with van der Waals surface area (Å²) in [5.41, 5.74) is 1.62. The van der Waals surface area contributed by atoms with E-state index in [-0.39, 0.29) is 0 Å². The molecular weight excluding hydrogens is 222 g/mol. The highest BCUT2D eigenvalue weighted by atomic mass is 32.2. The van der Waals surface area contributed by atoms with Crippen LogP contribution in [0.1, 0.15) is 37.3 Å². The highest BCUT2D eigenvalue weighted by Crippen LogP contribution is 2.43. The van der Waals surface area contributed by atoms with E-state index < -0.39 is 0 Å². The first-order chi connectivity index (χ1) is 7.45. The lowest BCUT2D eigenvalue weighted by Gasteiger charge is -2.36. The first-order valence-corrected chi connectivity index (χ1v) is 7.76. The van der Waals surface area contributed by atoms with Crippen LogP contribution < -0.4 is 0 Å². The predicted octanol–water partition coefficient (Wildman–Crippen LogP) is 3.77. The summed E-state index contributed by atoms with van der Waals surface area (Å²) in [5.74, 6) is 1.31. The summed E-state index contributed by atoms with van der Waals surface area (Å²) in [4.78, 5) is 2.72. The number of hydrogen-bond acceptors (Lipinski definition) is 3. The Balaban J connectivity index is 1.82. The monoisotopic (exact) mass is 239 g/mol. The van der Waals surface area contributed by atoms with Crippen LogP contribution in [0.5, 0.6) is 0 Å². The quantitative estimate of drug-likeness (QED) is 0.734. The van der Waals surface area contributed by atoms with E-state index in [0.29, 0.717) is 0 Å². The van der Waals surface area contributed by atoms with Crippen molar-refractivity contribution in [2.24, 2.45) is 0 Å². The molecule has 0 bridgehead atoms. The SMILES string of the molecule is c1cc2c(s1)SCCC2N1CCCCC1. The van der Waals surface area contributed by atoms with Gasteiger partial charge in [-0.3, -0.25) is 4.90 Å². The molecule has 2 aliphatic rings. The third-order valence-electron chi connectivity index (χ3n) is 3.47. The Morgan fingerprint density at radius 3 is 2.93 bits per heavy atom. The van der Waals surface area contributed by atoms with E-state index in [1.54, 1.807) is 9.77 Å². The molecule has 3 heteroatoms. The maximum Gasteiger partial charge on any atom is 0.0646 e. The van der Waals surface area contributed by atoms with Gasteiger partial charge in [-0.2, -0.15) is 0 Å². The lowest BCUT2D eigenvalue weighted by Crippen LogP contribution is -2.34. The molecule has 82 valence electrons. The lowest BCUT2D eigenvalue weighted by atomic mass is 10.0. The van der Waals surface area contributed by atoms with Crippen LogP contribution in [0.2, 0.25) is 0 Å². The van der Waals surface area contributed by atoms with Crippen molar-refractivity contribution in [2.75, 3.05) is 18.8 Å². The Labute approximate surface area is 99.9 Å². The Morgan fingerprint density at radius 2 is 2.07 bits per heavy atom. The van der Waals surface area contributed by atoms with Crippen LogP contribution >= 0.6 is 23.1 Å². The van der Waals surface area contributed by atoms with Gasteiger partial charge in [-0.25, -0.2) is 0 Å². The molecule has 0 saturated carbocycles. The van der Waals surface area contributed by atoms with Gasteiger partial charge in [-0.05, 0) is 49.4 Å². The van der Waals surface area contributed by atoms with Gasteiger partial charge < -0.3 is 0 Å². The van der Waals surface area contributed by atoms with Crippen molar-refractivity contribution in [3.8, 4) is 0 Å². The minimum Gasteiger partial charge on any atom is -0.296 e. The molecule has 1 aromatic heterocycles. The van der Waals surface area contributed by atoms with Gasteiger partial charge in [0.1, 0.15) is 0 Å². The van der Waals surface area contributed by atoms with Crippen molar-refractivity contribution >= 4 is 23.1 Å². The molecule has 0 amide bonds. The molecule has 0 aromatic carbocycles. The van der Waals surface area contributed by atoms with Crippen molar-refractivity contribution in [3.63, 3.8) is 0 Å². The second kappa shape index (κ2) is 4.48. The zero-order valence-corrected chi connectivity index (χ0v) is 10.6. The smallest absolute Gasteiger partial charge is 0.0646 e. The molecule has 0 aliphatic carbocycles. The fraction of sp³-hybridized carbons (Fsp3) is 0.667. The minimum atomic E-state index is 0.743. The summed E-state index contributed by atoms with van der Waals surface area (Å²) in [6.07, 6.45) is 5.61. The van der Waals surface area contributed by atoms with Gasteiger partial charge in [-0.15, -0.1) is 23.1 Å². The fourth-order valence-corrected chi connectivity index (χ4v) is 4.96. The third kappa shape index (κ3) is 1.97. The van der Waals surface area contributed by atoms with Gasteiger partial charge in [0.2, 0.25) is 0 Å². The van der Waals surface area contributed by atoms with E-state index in [1.807, 2.05) is 11.3 Å². The van der Waals surface area contributed by atoms with E-state index in [1.165, 1.54) is 44.5 Å². The molecule has 15 heavy (non-hydrogen) atoms. The first kappa shape index (κ1) is 10.2. The molecule has 1 nitrogen and oxygen atoms in total. The molecule has 3 heterocycles. The maximum atomic E-state index is 2.72. The molecule has 1 saturated heterocycles. The molecule has 1 aromatic rings. The second-order valence-electron chi connectivity index (χ2n) is 4.41. The molecule has 0 spiro atoms. The Morgan fingerprint density at radius 1 is 1.20 bits per heavy atom. The van der Waals surface area contributed by atoms with Gasteiger partial charge in [0.05, 0.1) is 4.21 Å². The van der Waals surface area contributed by atoms with Gasteiger partial charge in [0.15, 0.2) is 0 Å². The molecule has 0 radical (unpaired) electrons. The topological polar surface area (TPSA) is 3.24 Å². The number of fused-ring (bicyclic) bond motifs is 1. The Bertz CT molecular complexity index is 328. The number of thiophene rings is 1. The summed E-state index contributed by atoms with van der Waals surface area (Å²) in [6.45, 7) is 2.65. The van der Waals surface area contributed by atoms with Gasteiger partial charge in [0, 0.05) is 11.8 Å². The van der Waals surface area contributed by atoms with Gasteiger partial charge in [0.25, 0.3) is 0 Å². The summed E-state index contributed by atoms with van der Waals surface area (Å²) >= 11 is 3.98. The molecule has 1 fully saturated rings. The van der Waals surface area contributed by atoms with Crippen LogP contribution in [0.15, 0.2) is 15.7 Å². The largest absolute Gasteiger partial charge is 0.296 e. The van der Waals surface area contributed by atoms with E-state index in [9.17, 15) is 0 Å². The van der Waals surface area contributed by atoms with Crippen molar-refractivity contribution in [1.82, 2.24) is 4.90 Å². The highest BCUT2D eigenvalue weighted by molar-refractivity contribution is 8.01. The van der Waals surface area contributed by atoms with Crippen molar-refractivity contribution in [1.29, 1.82) is 0 Å². The fourth-order valence-electron chi connectivity index (χ4n) is 2.70. The maximum absolute atomic E-state index is 2.72. The standard InChI is InChI=1S/C12H17NS2/c1-2-6-13(7-3-1)11-5-9-15-12-10(11)4-8-14-12/h4,8,11H,1-3,5-7,9H2. The van der Waals surface area contributed by atoms with Crippen LogP contribution in [0.25, 0.3) is 0 Å². The average molecular weight is 239 g/mol.